The first-order valence-corrected chi connectivity index (χ1v) is 5.05. The zero-order chi connectivity index (χ0) is 12.4. The van der Waals surface area contributed by atoms with Gasteiger partial charge in [-0.3, -0.25) is 14.3 Å². The molecule has 2 heterocycles. The molecule has 1 atom stereocenters. The Bertz CT molecular complexity index is 482. The molecule has 7 heteroatoms. The Kier molecular flexibility index (Phi) is 2.90. The monoisotopic (exact) mass is 238 g/mol. The molecule has 0 spiro atoms. The third kappa shape index (κ3) is 2.32. The molecule has 1 saturated heterocycles. The predicted molar refractivity (Wildman–Crippen MR) is 57.8 cm³/mol. The molecule has 2 rings (SSSR count). The van der Waals surface area contributed by atoms with Crippen LogP contribution in [-0.4, -0.2) is 28.1 Å². The van der Waals surface area contributed by atoms with Gasteiger partial charge in [-0.1, -0.05) is 6.58 Å². The molecule has 1 unspecified atom stereocenters. The van der Waals surface area contributed by atoms with Gasteiger partial charge in [-0.05, 0) is 6.42 Å². The minimum absolute atomic E-state index is 0.110. The molecule has 17 heavy (non-hydrogen) atoms. The highest BCUT2D eigenvalue weighted by molar-refractivity contribution is 6.01. The number of aromatic nitrogens is 2. The number of nitrogens with zero attached hydrogens (tertiary/aromatic N) is 2. The summed E-state index contributed by atoms with van der Waals surface area (Å²) in [5, 5.41) is 8.90. The number of anilines is 1. The van der Waals surface area contributed by atoms with E-state index in [0.717, 1.165) is 0 Å². The van der Waals surface area contributed by atoms with E-state index in [1.165, 1.54) is 17.1 Å². The van der Waals surface area contributed by atoms with Gasteiger partial charge in [0.2, 0.25) is 5.91 Å². The van der Waals surface area contributed by atoms with Gasteiger partial charge in [0.25, 0.3) is 5.91 Å². The lowest BCUT2D eigenvalue weighted by atomic mass is 10.2. The van der Waals surface area contributed by atoms with Gasteiger partial charge in [0, 0.05) is 12.7 Å². The van der Waals surface area contributed by atoms with Gasteiger partial charge in [-0.15, -0.1) is 0 Å². The van der Waals surface area contributed by atoms with Gasteiger partial charge in [0.15, 0.2) is 5.83 Å². The van der Waals surface area contributed by atoms with Crippen molar-refractivity contribution in [3.63, 3.8) is 0 Å². The van der Waals surface area contributed by atoms with Crippen molar-refractivity contribution in [1.29, 1.82) is 0 Å². The number of amides is 2. The number of carbonyl (C=O) groups excluding carboxylic acids is 2. The van der Waals surface area contributed by atoms with Gasteiger partial charge < -0.3 is 10.6 Å². The third-order valence-electron chi connectivity index (χ3n) is 2.44. The van der Waals surface area contributed by atoms with Crippen LogP contribution in [0.25, 0.3) is 0 Å². The number of hydrogen-bond donors (Lipinski definition) is 2. The predicted octanol–water partition coefficient (Wildman–Crippen LogP) is 0.366. The van der Waals surface area contributed by atoms with Crippen molar-refractivity contribution in [2.45, 2.75) is 12.5 Å². The van der Waals surface area contributed by atoms with Gasteiger partial charge in [0.05, 0.1) is 11.9 Å². The number of halogens is 1. The van der Waals surface area contributed by atoms with Crippen molar-refractivity contribution in [2.24, 2.45) is 0 Å². The molecule has 6 nitrogen and oxygen atoms in total. The standard InChI is InChI=1S/C10H11FN4O2/c1-6(11)9(16)14-7-4-13-15(5-7)8-2-3-12-10(8)17/h4-5,8H,1-3H2,(H,12,17)(H,14,16). The van der Waals surface area contributed by atoms with E-state index >= 15 is 0 Å². The molecule has 1 aromatic heterocycles. The summed E-state index contributed by atoms with van der Waals surface area (Å²) in [5.74, 6) is -2.10. The fraction of sp³-hybridized carbons (Fsp3) is 0.300. The maximum atomic E-state index is 12.5. The molecule has 2 amide bonds. The fourth-order valence-corrected chi connectivity index (χ4v) is 1.61. The number of nitrogens with one attached hydrogen (secondary N) is 2. The fourth-order valence-electron chi connectivity index (χ4n) is 1.61. The maximum absolute atomic E-state index is 12.5. The second-order valence-corrected chi connectivity index (χ2v) is 3.66. The highest BCUT2D eigenvalue weighted by Crippen LogP contribution is 2.18. The number of hydrogen-bond acceptors (Lipinski definition) is 3. The van der Waals surface area contributed by atoms with Crippen LogP contribution in [0.5, 0.6) is 0 Å². The van der Waals surface area contributed by atoms with Crippen LogP contribution < -0.4 is 10.6 Å². The van der Waals surface area contributed by atoms with Crippen molar-refractivity contribution in [3.05, 3.63) is 24.8 Å². The van der Waals surface area contributed by atoms with Crippen molar-refractivity contribution in [1.82, 2.24) is 15.1 Å². The molecule has 0 aromatic carbocycles. The maximum Gasteiger partial charge on any atom is 0.283 e. The molecule has 1 aliphatic rings. The van der Waals surface area contributed by atoms with E-state index in [9.17, 15) is 14.0 Å². The van der Waals surface area contributed by atoms with Crippen LogP contribution >= 0.6 is 0 Å². The molecule has 2 N–H and O–H groups in total. The van der Waals surface area contributed by atoms with Crippen LogP contribution in [0.15, 0.2) is 24.8 Å². The Morgan fingerprint density at radius 1 is 1.71 bits per heavy atom. The summed E-state index contributed by atoms with van der Waals surface area (Å²) in [6, 6.07) is -0.366. The molecule has 1 aliphatic heterocycles. The molecule has 0 saturated carbocycles. The SMILES string of the molecule is C=C(F)C(=O)Nc1cnn(C2CCNC2=O)c1. The summed E-state index contributed by atoms with van der Waals surface area (Å²) in [6.07, 6.45) is 3.48. The zero-order valence-electron chi connectivity index (χ0n) is 8.94. The van der Waals surface area contributed by atoms with E-state index in [1.54, 1.807) is 0 Å². The van der Waals surface area contributed by atoms with E-state index in [0.29, 0.717) is 18.7 Å². The number of rotatable bonds is 3. The van der Waals surface area contributed by atoms with Crippen LogP contribution in [0.1, 0.15) is 12.5 Å². The summed E-state index contributed by atoms with van der Waals surface area (Å²) >= 11 is 0. The Morgan fingerprint density at radius 3 is 3.06 bits per heavy atom. The summed E-state index contributed by atoms with van der Waals surface area (Å²) in [7, 11) is 0. The largest absolute Gasteiger partial charge is 0.354 e. The van der Waals surface area contributed by atoms with E-state index in [1.807, 2.05) is 0 Å². The first-order valence-electron chi connectivity index (χ1n) is 5.05. The topological polar surface area (TPSA) is 76.0 Å². The zero-order valence-corrected chi connectivity index (χ0v) is 8.94. The van der Waals surface area contributed by atoms with Crippen LogP contribution in [-0.2, 0) is 9.59 Å². The van der Waals surface area contributed by atoms with Crippen LogP contribution in [0, 0.1) is 0 Å². The Balaban J connectivity index is 2.08. The lowest BCUT2D eigenvalue weighted by Gasteiger charge is -2.06. The minimum atomic E-state index is -1.07. The first kappa shape index (κ1) is 11.3. The minimum Gasteiger partial charge on any atom is -0.354 e. The Labute approximate surface area is 96.5 Å². The highest BCUT2D eigenvalue weighted by Gasteiger charge is 2.26. The van der Waals surface area contributed by atoms with Crippen molar-refractivity contribution < 1.29 is 14.0 Å². The number of carbonyl (C=O) groups is 2. The quantitative estimate of drug-likeness (QED) is 0.747. The van der Waals surface area contributed by atoms with Crippen molar-refractivity contribution in [3.8, 4) is 0 Å². The van der Waals surface area contributed by atoms with Gasteiger partial charge in [-0.2, -0.15) is 5.10 Å². The summed E-state index contributed by atoms with van der Waals surface area (Å²) in [4.78, 5) is 22.4. The van der Waals surface area contributed by atoms with E-state index < -0.39 is 11.7 Å². The molecular formula is C10H11FN4O2. The molecule has 0 radical (unpaired) electrons. The van der Waals surface area contributed by atoms with Crippen LogP contribution in [0.3, 0.4) is 0 Å². The Hall–Kier alpha value is -2.18. The lowest BCUT2D eigenvalue weighted by molar-refractivity contribution is -0.122. The van der Waals surface area contributed by atoms with Crippen molar-refractivity contribution in [2.75, 3.05) is 11.9 Å². The van der Waals surface area contributed by atoms with Gasteiger partial charge in [-0.25, -0.2) is 4.39 Å². The van der Waals surface area contributed by atoms with E-state index in [2.05, 4.69) is 22.3 Å². The third-order valence-corrected chi connectivity index (χ3v) is 2.44. The molecule has 0 bridgehead atoms. The Morgan fingerprint density at radius 2 is 2.47 bits per heavy atom. The average molecular weight is 238 g/mol. The molecule has 90 valence electrons. The second-order valence-electron chi connectivity index (χ2n) is 3.66. The van der Waals surface area contributed by atoms with Gasteiger partial charge >= 0.3 is 0 Å². The molecular weight excluding hydrogens is 227 g/mol. The summed E-state index contributed by atoms with van der Waals surface area (Å²) in [6.45, 7) is 3.48. The smallest absolute Gasteiger partial charge is 0.283 e. The first-order chi connectivity index (χ1) is 8.08. The average Bonchev–Trinajstić information content (AvgIpc) is 2.86. The normalized spacial score (nSPS) is 18.9. The van der Waals surface area contributed by atoms with Gasteiger partial charge in [0.1, 0.15) is 6.04 Å². The van der Waals surface area contributed by atoms with E-state index in [4.69, 9.17) is 0 Å². The molecule has 0 aliphatic carbocycles. The second kappa shape index (κ2) is 4.36. The summed E-state index contributed by atoms with van der Waals surface area (Å²) in [5.41, 5.74) is 0.327. The van der Waals surface area contributed by atoms with Crippen molar-refractivity contribution >= 4 is 17.5 Å². The van der Waals surface area contributed by atoms with E-state index in [-0.39, 0.29) is 11.9 Å². The molecule has 1 aromatic rings. The van der Waals surface area contributed by atoms with Crippen LogP contribution in [0.2, 0.25) is 0 Å². The highest BCUT2D eigenvalue weighted by atomic mass is 19.1. The molecule has 1 fully saturated rings. The summed E-state index contributed by atoms with van der Waals surface area (Å²) < 4.78 is 13.9. The van der Waals surface area contributed by atoms with Crippen LogP contribution in [0.4, 0.5) is 10.1 Å². The lowest BCUT2D eigenvalue weighted by Crippen LogP contribution is -2.22.